The van der Waals surface area contributed by atoms with Crippen LogP contribution in [-0.2, 0) is 9.53 Å². The summed E-state index contributed by atoms with van der Waals surface area (Å²) < 4.78 is 5.36. The van der Waals surface area contributed by atoms with Gasteiger partial charge >= 0.3 is 0 Å². The molecule has 1 amide bonds. The summed E-state index contributed by atoms with van der Waals surface area (Å²) in [6, 6.07) is 0. The minimum atomic E-state index is -0.581. The third kappa shape index (κ3) is 2.68. The summed E-state index contributed by atoms with van der Waals surface area (Å²) in [5.74, 6) is 0.0300. The Kier molecular flexibility index (Phi) is 4.59. The fraction of sp³-hybridized carbons (Fsp3) is 0.923. The van der Waals surface area contributed by atoms with Crippen molar-refractivity contribution in [3.63, 3.8) is 0 Å². The molecule has 0 bridgehead atoms. The van der Waals surface area contributed by atoms with E-state index in [0.29, 0.717) is 19.6 Å². The monoisotopic (exact) mass is 256 g/mol. The Bertz CT molecular complexity index is 298. The van der Waals surface area contributed by atoms with Crippen molar-refractivity contribution < 1.29 is 14.6 Å². The lowest BCUT2D eigenvalue weighted by Gasteiger charge is -2.46. The number of carbonyl (C=O) groups is 1. The summed E-state index contributed by atoms with van der Waals surface area (Å²) in [5, 5.41) is 13.1. The van der Waals surface area contributed by atoms with Crippen LogP contribution in [0.2, 0.25) is 0 Å². The Balaban J connectivity index is 1.97. The molecule has 104 valence electrons. The average molecular weight is 256 g/mol. The third-order valence-corrected chi connectivity index (χ3v) is 4.16. The highest BCUT2D eigenvalue weighted by molar-refractivity contribution is 5.84. The van der Waals surface area contributed by atoms with Gasteiger partial charge in [-0.3, -0.25) is 9.69 Å². The predicted octanol–water partition coefficient (Wildman–Crippen LogP) is -0.0141. The van der Waals surface area contributed by atoms with Crippen LogP contribution in [0.25, 0.3) is 0 Å². The molecule has 2 atom stereocenters. The molecule has 0 aromatic carbocycles. The van der Waals surface area contributed by atoms with Gasteiger partial charge in [0.05, 0.1) is 18.1 Å². The van der Waals surface area contributed by atoms with Crippen LogP contribution in [0.4, 0.5) is 0 Å². The Morgan fingerprint density at radius 2 is 2.44 bits per heavy atom. The molecule has 2 fully saturated rings. The largest absolute Gasteiger partial charge is 0.392 e. The normalized spacial score (nSPS) is 33.7. The van der Waals surface area contributed by atoms with E-state index in [2.05, 4.69) is 10.2 Å². The maximum absolute atomic E-state index is 12.1. The fourth-order valence-corrected chi connectivity index (χ4v) is 3.06. The van der Waals surface area contributed by atoms with Gasteiger partial charge in [-0.05, 0) is 26.2 Å². The number of nitrogens with one attached hydrogen (secondary N) is 1. The van der Waals surface area contributed by atoms with Crippen LogP contribution in [0.1, 0.15) is 26.2 Å². The first-order valence-electron chi connectivity index (χ1n) is 6.95. The molecule has 0 aromatic heterocycles. The number of hydrogen-bond acceptors (Lipinski definition) is 4. The lowest BCUT2D eigenvalue weighted by Crippen LogP contribution is -2.61. The molecule has 18 heavy (non-hydrogen) atoms. The van der Waals surface area contributed by atoms with Crippen LogP contribution in [0, 0.1) is 5.41 Å². The first-order chi connectivity index (χ1) is 8.69. The Labute approximate surface area is 108 Å². The maximum Gasteiger partial charge on any atom is 0.230 e. The molecule has 2 rings (SSSR count). The van der Waals surface area contributed by atoms with E-state index in [-0.39, 0.29) is 5.91 Å². The highest BCUT2D eigenvalue weighted by atomic mass is 16.5. The SMILES string of the molecule is CCOCCN1CC[C@@H](O)[C@@]2(CCCNC2=O)C1. The predicted molar refractivity (Wildman–Crippen MR) is 68.2 cm³/mol. The van der Waals surface area contributed by atoms with Crippen molar-refractivity contribution in [2.45, 2.75) is 32.3 Å². The van der Waals surface area contributed by atoms with Crippen molar-refractivity contribution >= 4 is 5.91 Å². The summed E-state index contributed by atoms with van der Waals surface area (Å²) >= 11 is 0. The molecule has 2 saturated heterocycles. The third-order valence-electron chi connectivity index (χ3n) is 4.16. The Hall–Kier alpha value is -0.650. The van der Waals surface area contributed by atoms with Crippen molar-refractivity contribution in [2.24, 2.45) is 5.41 Å². The molecule has 0 unspecified atom stereocenters. The number of aliphatic hydroxyl groups excluding tert-OH is 1. The quantitative estimate of drug-likeness (QED) is 0.694. The minimum absolute atomic E-state index is 0.0300. The molecule has 0 saturated carbocycles. The second-order valence-corrected chi connectivity index (χ2v) is 5.29. The highest BCUT2D eigenvalue weighted by Gasteiger charge is 2.49. The Morgan fingerprint density at radius 3 is 3.17 bits per heavy atom. The summed E-state index contributed by atoms with van der Waals surface area (Å²) in [4.78, 5) is 14.4. The molecule has 2 N–H and O–H groups in total. The van der Waals surface area contributed by atoms with Gasteiger partial charge in [0.25, 0.3) is 0 Å². The second kappa shape index (κ2) is 5.99. The first kappa shape index (κ1) is 13.8. The summed E-state index contributed by atoms with van der Waals surface area (Å²) in [7, 11) is 0. The number of rotatable bonds is 4. The zero-order valence-electron chi connectivity index (χ0n) is 11.2. The van der Waals surface area contributed by atoms with Crippen molar-refractivity contribution in [2.75, 3.05) is 39.4 Å². The van der Waals surface area contributed by atoms with Crippen LogP contribution in [0.3, 0.4) is 0 Å². The number of hydrogen-bond donors (Lipinski definition) is 2. The van der Waals surface area contributed by atoms with E-state index in [1.807, 2.05) is 6.92 Å². The van der Waals surface area contributed by atoms with Gasteiger partial charge in [0, 0.05) is 32.8 Å². The van der Waals surface area contributed by atoms with Gasteiger partial charge in [-0.25, -0.2) is 0 Å². The van der Waals surface area contributed by atoms with Crippen LogP contribution in [0.15, 0.2) is 0 Å². The van der Waals surface area contributed by atoms with Crippen molar-refractivity contribution in [3.05, 3.63) is 0 Å². The average Bonchev–Trinajstić information content (AvgIpc) is 2.37. The van der Waals surface area contributed by atoms with Gasteiger partial charge in [0.2, 0.25) is 5.91 Å². The van der Waals surface area contributed by atoms with E-state index < -0.39 is 11.5 Å². The molecular formula is C13H24N2O3. The van der Waals surface area contributed by atoms with E-state index in [9.17, 15) is 9.90 Å². The summed E-state index contributed by atoms with van der Waals surface area (Å²) in [6.45, 7) is 6.50. The van der Waals surface area contributed by atoms with E-state index in [1.165, 1.54) is 0 Å². The van der Waals surface area contributed by atoms with E-state index >= 15 is 0 Å². The zero-order valence-corrected chi connectivity index (χ0v) is 11.2. The fourth-order valence-electron chi connectivity index (χ4n) is 3.06. The zero-order chi connectivity index (χ0) is 13.0. The molecule has 0 aliphatic carbocycles. The second-order valence-electron chi connectivity index (χ2n) is 5.29. The van der Waals surface area contributed by atoms with Gasteiger partial charge in [0.1, 0.15) is 0 Å². The highest BCUT2D eigenvalue weighted by Crippen LogP contribution is 2.37. The number of nitrogens with zero attached hydrogens (tertiary/aromatic N) is 1. The molecule has 2 aliphatic rings. The number of likely N-dealkylation sites (tertiary alicyclic amines) is 1. The van der Waals surface area contributed by atoms with Crippen LogP contribution in [-0.4, -0.2) is 61.4 Å². The molecule has 0 radical (unpaired) electrons. The summed E-state index contributed by atoms with van der Waals surface area (Å²) in [5.41, 5.74) is -0.581. The molecule has 5 heteroatoms. The number of aliphatic hydroxyl groups is 1. The van der Waals surface area contributed by atoms with Crippen molar-refractivity contribution in [3.8, 4) is 0 Å². The summed E-state index contributed by atoms with van der Waals surface area (Å²) in [6.07, 6.45) is 1.94. The van der Waals surface area contributed by atoms with Crippen molar-refractivity contribution in [1.29, 1.82) is 0 Å². The first-order valence-corrected chi connectivity index (χ1v) is 6.95. The van der Waals surface area contributed by atoms with E-state index in [4.69, 9.17) is 4.74 Å². The number of carbonyl (C=O) groups excluding carboxylic acids is 1. The topological polar surface area (TPSA) is 61.8 Å². The standard InChI is InChI=1S/C13H24N2O3/c1-2-18-9-8-15-7-4-11(16)13(10-15)5-3-6-14-12(13)17/h11,16H,2-10H2,1H3,(H,14,17)/t11-,13-/m1/s1. The van der Waals surface area contributed by atoms with Crippen molar-refractivity contribution in [1.82, 2.24) is 10.2 Å². The van der Waals surface area contributed by atoms with E-state index in [0.717, 1.165) is 39.1 Å². The molecule has 1 spiro atoms. The number of amides is 1. The lowest BCUT2D eigenvalue weighted by molar-refractivity contribution is -0.149. The Morgan fingerprint density at radius 1 is 1.61 bits per heavy atom. The smallest absolute Gasteiger partial charge is 0.230 e. The lowest BCUT2D eigenvalue weighted by atomic mass is 9.71. The van der Waals surface area contributed by atoms with Gasteiger partial charge in [-0.2, -0.15) is 0 Å². The van der Waals surface area contributed by atoms with Gasteiger partial charge in [0.15, 0.2) is 0 Å². The van der Waals surface area contributed by atoms with Gasteiger partial charge in [-0.15, -0.1) is 0 Å². The minimum Gasteiger partial charge on any atom is -0.392 e. The molecule has 5 nitrogen and oxygen atoms in total. The number of ether oxygens (including phenoxy) is 1. The van der Waals surface area contributed by atoms with Crippen LogP contribution >= 0.6 is 0 Å². The van der Waals surface area contributed by atoms with Gasteiger partial charge < -0.3 is 15.2 Å². The molecule has 2 aliphatic heterocycles. The molecule has 2 heterocycles. The van der Waals surface area contributed by atoms with Crippen LogP contribution < -0.4 is 5.32 Å². The van der Waals surface area contributed by atoms with Gasteiger partial charge in [-0.1, -0.05) is 0 Å². The van der Waals surface area contributed by atoms with Crippen LogP contribution in [0.5, 0.6) is 0 Å². The maximum atomic E-state index is 12.1. The molecule has 0 aromatic rings. The number of piperidine rings is 2. The molecular weight excluding hydrogens is 232 g/mol. The van der Waals surface area contributed by atoms with E-state index in [1.54, 1.807) is 0 Å².